The summed E-state index contributed by atoms with van der Waals surface area (Å²) in [4.78, 5) is 10.5. The maximum atomic E-state index is 10.5. The molecular weight excluding hydrogens is 254 g/mol. The van der Waals surface area contributed by atoms with Gasteiger partial charge in [-0.3, -0.25) is 0 Å². The fourth-order valence-corrected chi connectivity index (χ4v) is 1.35. The number of rotatable bonds is 5. The number of benzene rings is 1. The molecule has 0 aromatic heterocycles. The van der Waals surface area contributed by atoms with Crippen LogP contribution in [0.3, 0.4) is 0 Å². The first-order chi connectivity index (χ1) is 8.49. The molecule has 0 aliphatic rings. The highest BCUT2D eigenvalue weighted by molar-refractivity contribution is 6.30. The van der Waals surface area contributed by atoms with Crippen LogP contribution >= 0.6 is 11.6 Å². The molecule has 0 bridgehead atoms. The molecule has 5 nitrogen and oxygen atoms in total. The smallest absolute Gasteiger partial charge is 0.332 e. The highest BCUT2D eigenvalue weighted by atomic mass is 35.5. The van der Waals surface area contributed by atoms with Crippen LogP contribution in [0.5, 0.6) is 5.75 Å². The minimum atomic E-state index is -0.724. The Hall–Kier alpha value is -1.75. The van der Waals surface area contributed by atoms with Crippen LogP contribution in [-0.2, 0) is 0 Å². The molecule has 98 valence electrons. The lowest BCUT2D eigenvalue weighted by Crippen LogP contribution is -2.24. The maximum Gasteiger partial charge on any atom is 0.332 e. The van der Waals surface area contributed by atoms with E-state index in [1.807, 2.05) is 0 Å². The average Bonchev–Trinajstić information content (AvgIpc) is 2.27. The van der Waals surface area contributed by atoms with Crippen molar-refractivity contribution in [1.82, 2.24) is 5.43 Å². The summed E-state index contributed by atoms with van der Waals surface area (Å²) >= 11 is 5.89. The predicted octanol–water partition coefficient (Wildman–Crippen LogP) is 2.38. The maximum absolute atomic E-state index is 10.5. The number of nitrogens with two attached hydrogens (primary N) is 1. The molecule has 0 heterocycles. The number of hydrogen-bond donors (Lipinski definition) is 2. The zero-order valence-corrected chi connectivity index (χ0v) is 11.1. The molecule has 0 fully saturated rings. The molecule has 0 aliphatic carbocycles. The Balaban J connectivity index is 2.82. The summed E-state index contributed by atoms with van der Waals surface area (Å²) in [5.74, 6) is 1.07. The summed E-state index contributed by atoms with van der Waals surface area (Å²) in [7, 11) is 0. The molecular formula is C12H16ClN3O2. The number of urea groups is 1. The first-order valence-electron chi connectivity index (χ1n) is 5.50. The van der Waals surface area contributed by atoms with E-state index in [1.165, 1.54) is 6.21 Å². The normalized spacial score (nSPS) is 10.9. The standard InChI is InChI=1S/C12H16ClN3O2/c1-8(2)7-18-11-4-3-10(13)5-9(11)6-15-16-12(14)17/h3-6,8H,7H2,1-2H3,(H3,14,16,17). The van der Waals surface area contributed by atoms with E-state index >= 15 is 0 Å². The molecule has 1 aromatic rings. The number of amides is 2. The third-order valence-electron chi connectivity index (χ3n) is 1.92. The minimum absolute atomic E-state index is 0.411. The van der Waals surface area contributed by atoms with Crippen molar-refractivity contribution >= 4 is 23.8 Å². The van der Waals surface area contributed by atoms with Gasteiger partial charge in [0.15, 0.2) is 0 Å². The van der Waals surface area contributed by atoms with Crippen LogP contribution in [0, 0.1) is 5.92 Å². The molecule has 18 heavy (non-hydrogen) atoms. The van der Waals surface area contributed by atoms with Gasteiger partial charge in [-0.25, -0.2) is 10.2 Å². The fraction of sp³-hybridized carbons (Fsp3) is 0.333. The lowest BCUT2D eigenvalue weighted by atomic mass is 10.2. The lowest BCUT2D eigenvalue weighted by molar-refractivity contribution is 0.249. The largest absolute Gasteiger partial charge is 0.493 e. The molecule has 0 saturated heterocycles. The highest BCUT2D eigenvalue weighted by Crippen LogP contribution is 2.21. The van der Waals surface area contributed by atoms with Crippen molar-refractivity contribution in [3.05, 3.63) is 28.8 Å². The van der Waals surface area contributed by atoms with Gasteiger partial charge in [0.2, 0.25) is 0 Å². The van der Waals surface area contributed by atoms with Crippen molar-refractivity contribution < 1.29 is 9.53 Å². The van der Waals surface area contributed by atoms with Gasteiger partial charge >= 0.3 is 6.03 Å². The number of ether oxygens (including phenoxy) is 1. The number of carbonyl (C=O) groups is 1. The number of primary amides is 1. The van der Waals surface area contributed by atoms with Crippen molar-refractivity contribution in [3.63, 3.8) is 0 Å². The zero-order chi connectivity index (χ0) is 13.5. The van der Waals surface area contributed by atoms with E-state index in [9.17, 15) is 4.79 Å². The van der Waals surface area contributed by atoms with Crippen molar-refractivity contribution in [2.45, 2.75) is 13.8 Å². The van der Waals surface area contributed by atoms with E-state index in [4.69, 9.17) is 22.1 Å². The van der Waals surface area contributed by atoms with E-state index in [2.05, 4.69) is 24.4 Å². The number of nitrogens with zero attached hydrogens (tertiary/aromatic N) is 1. The Morgan fingerprint density at radius 3 is 2.94 bits per heavy atom. The Morgan fingerprint density at radius 1 is 1.61 bits per heavy atom. The van der Waals surface area contributed by atoms with Crippen LogP contribution in [-0.4, -0.2) is 18.9 Å². The summed E-state index contributed by atoms with van der Waals surface area (Å²) in [5, 5.41) is 4.24. The highest BCUT2D eigenvalue weighted by Gasteiger charge is 2.04. The Labute approximate surface area is 111 Å². The van der Waals surface area contributed by atoms with E-state index in [-0.39, 0.29) is 0 Å². The second-order valence-electron chi connectivity index (χ2n) is 4.12. The van der Waals surface area contributed by atoms with Gasteiger partial charge in [-0.2, -0.15) is 5.10 Å². The van der Waals surface area contributed by atoms with E-state index in [0.717, 1.165) is 0 Å². The van der Waals surface area contributed by atoms with Crippen molar-refractivity contribution in [2.75, 3.05) is 6.61 Å². The van der Waals surface area contributed by atoms with E-state index in [1.54, 1.807) is 18.2 Å². The number of nitrogens with one attached hydrogen (secondary N) is 1. The van der Waals surface area contributed by atoms with E-state index in [0.29, 0.717) is 28.9 Å². The Bertz CT molecular complexity index is 447. The van der Waals surface area contributed by atoms with Crippen LogP contribution in [0.4, 0.5) is 4.79 Å². The molecule has 6 heteroatoms. The average molecular weight is 270 g/mol. The molecule has 0 unspecified atom stereocenters. The van der Waals surface area contributed by atoms with Crippen LogP contribution < -0.4 is 15.9 Å². The topological polar surface area (TPSA) is 76.7 Å². The molecule has 1 aromatic carbocycles. The zero-order valence-electron chi connectivity index (χ0n) is 10.3. The quantitative estimate of drug-likeness (QED) is 0.636. The molecule has 2 amide bonds. The summed E-state index contributed by atoms with van der Waals surface area (Å²) in [6.45, 7) is 4.70. The van der Waals surface area contributed by atoms with Gasteiger partial charge in [-0.05, 0) is 24.1 Å². The Morgan fingerprint density at radius 2 is 2.33 bits per heavy atom. The molecule has 3 N–H and O–H groups in total. The van der Waals surface area contributed by atoms with Crippen LogP contribution in [0.1, 0.15) is 19.4 Å². The summed E-state index contributed by atoms with van der Waals surface area (Å²) in [6, 6.07) is 4.47. The minimum Gasteiger partial charge on any atom is -0.493 e. The number of hydrazone groups is 1. The first kappa shape index (κ1) is 14.3. The summed E-state index contributed by atoms with van der Waals surface area (Å²) in [5.41, 5.74) is 7.69. The van der Waals surface area contributed by atoms with Gasteiger partial charge in [-0.15, -0.1) is 0 Å². The Kier molecular flexibility index (Phi) is 5.45. The molecule has 0 aliphatic heterocycles. The summed E-state index contributed by atoms with van der Waals surface area (Å²) < 4.78 is 5.62. The predicted molar refractivity (Wildman–Crippen MR) is 72.1 cm³/mol. The van der Waals surface area contributed by atoms with Crippen molar-refractivity contribution in [2.24, 2.45) is 16.8 Å². The number of halogens is 1. The van der Waals surface area contributed by atoms with Crippen molar-refractivity contribution in [1.29, 1.82) is 0 Å². The van der Waals surface area contributed by atoms with Gasteiger partial charge in [0, 0.05) is 10.6 Å². The van der Waals surface area contributed by atoms with Crippen LogP contribution in [0.2, 0.25) is 5.02 Å². The monoisotopic (exact) mass is 269 g/mol. The second-order valence-corrected chi connectivity index (χ2v) is 4.56. The van der Waals surface area contributed by atoms with Gasteiger partial charge in [0.25, 0.3) is 0 Å². The SMILES string of the molecule is CC(C)COc1ccc(Cl)cc1C=NNC(N)=O. The first-order valence-corrected chi connectivity index (χ1v) is 5.87. The molecule has 0 radical (unpaired) electrons. The molecule has 0 saturated carbocycles. The third kappa shape index (κ3) is 5.05. The number of carbonyl (C=O) groups excluding carboxylic acids is 1. The van der Waals surface area contributed by atoms with E-state index < -0.39 is 6.03 Å². The second kappa shape index (κ2) is 6.86. The third-order valence-corrected chi connectivity index (χ3v) is 2.16. The van der Waals surface area contributed by atoms with Gasteiger partial charge in [-0.1, -0.05) is 25.4 Å². The van der Waals surface area contributed by atoms with Crippen LogP contribution in [0.25, 0.3) is 0 Å². The molecule has 0 atom stereocenters. The van der Waals surface area contributed by atoms with Crippen LogP contribution in [0.15, 0.2) is 23.3 Å². The van der Waals surface area contributed by atoms with Gasteiger partial charge < -0.3 is 10.5 Å². The lowest BCUT2D eigenvalue weighted by Gasteiger charge is -2.11. The fourth-order valence-electron chi connectivity index (χ4n) is 1.17. The molecule has 1 rings (SSSR count). The number of hydrogen-bond acceptors (Lipinski definition) is 3. The molecule has 0 spiro atoms. The summed E-state index contributed by atoms with van der Waals surface area (Å²) in [6.07, 6.45) is 1.44. The van der Waals surface area contributed by atoms with Gasteiger partial charge in [0.05, 0.1) is 12.8 Å². The van der Waals surface area contributed by atoms with Gasteiger partial charge in [0.1, 0.15) is 5.75 Å². The van der Waals surface area contributed by atoms with Crippen molar-refractivity contribution in [3.8, 4) is 5.75 Å².